The van der Waals surface area contributed by atoms with E-state index in [4.69, 9.17) is 174 Å². The van der Waals surface area contributed by atoms with Crippen LogP contribution in [0.1, 0.15) is 49.5 Å². The molecule has 0 atom stereocenters. The average Bonchev–Trinajstić information content (AvgIpc) is 2.65. The van der Waals surface area contributed by atoms with Crippen molar-refractivity contribution >= 4 is 174 Å². The van der Waals surface area contributed by atoms with Crippen molar-refractivity contribution in [3.63, 3.8) is 0 Å². The van der Waals surface area contributed by atoms with Crippen molar-refractivity contribution in [1.29, 1.82) is 0 Å². The van der Waals surface area contributed by atoms with Crippen LogP contribution in [0.2, 0.25) is 0 Å². The van der Waals surface area contributed by atoms with Crippen molar-refractivity contribution in [3.05, 3.63) is 34.9 Å². The molecule has 0 aliphatic carbocycles. The first-order valence-electron chi connectivity index (χ1n) is 7.31. The molecule has 2 heterocycles. The fourth-order valence-corrected chi connectivity index (χ4v) is 2.82. The molecular weight excluding hydrogens is 760 g/mol. The minimum atomic E-state index is -1.99. The zero-order valence-corrected chi connectivity index (χ0v) is 25.9. The fourth-order valence-electron chi connectivity index (χ4n) is 1.48. The third kappa shape index (κ3) is 11.3. The van der Waals surface area contributed by atoms with Gasteiger partial charge in [0.1, 0.15) is 0 Å². The largest absolute Gasteiger partial charge is 0.250 e. The van der Waals surface area contributed by atoms with Crippen LogP contribution in [0.4, 0.5) is 0 Å². The highest BCUT2D eigenvalue weighted by Gasteiger charge is 2.37. The molecule has 0 spiro atoms. The third-order valence-electron chi connectivity index (χ3n) is 2.67. The van der Waals surface area contributed by atoms with Crippen molar-refractivity contribution < 1.29 is 0 Å². The molecule has 186 valence electrons. The Morgan fingerprint density at radius 1 is 0.364 bits per heavy atom. The summed E-state index contributed by atoms with van der Waals surface area (Å²) in [6, 6.07) is 0. The molecule has 0 saturated carbocycles. The van der Waals surface area contributed by atoms with Crippen molar-refractivity contribution in [1.82, 2.24) is 29.9 Å². The lowest BCUT2D eigenvalue weighted by molar-refractivity contribution is 0.789. The van der Waals surface area contributed by atoms with Crippen LogP contribution in [-0.4, -0.2) is 29.9 Å². The van der Waals surface area contributed by atoms with Gasteiger partial charge >= 0.3 is 0 Å². The molecule has 6 nitrogen and oxygen atoms in total. The van der Waals surface area contributed by atoms with Crippen LogP contribution in [0.25, 0.3) is 0 Å². The molecule has 33 heavy (non-hydrogen) atoms. The monoisotopic (exact) mass is 756 g/mol. The second-order valence-electron chi connectivity index (χ2n) is 5.11. The highest BCUT2D eigenvalue weighted by molar-refractivity contribution is 6.68. The second-order valence-corrected chi connectivity index (χ2v) is 15.2. The number of rotatable bonds is 3. The quantitative estimate of drug-likeness (QED) is 0.290. The molecule has 0 bridgehead atoms. The van der Waals surface area contributed by atoms with Gasteiger partial charge in [-0.1, -0.05) is 174 Å². The molecule has 0 N–H and O–H groups in total. The number of hydrogen-bond acceptors (Lipinski definition) is 6. The molecule has 0 aromatic carbocycles. The van der Waals surface area contributed by atoms with E-state index < -0.39 is 25.9 Å². The standard InChI is InChI=1S/C6Cl9N3.C6H3Cl6N3/c7-4(8,9)1-16-2(5(10,11)12)18-3(17-1)6(13,14)15;7-1(8)4-13-5(2(9)10)15-6(14-4)3(11)12/h;1-3H. The Morgan fingerprint density at radius 3 is 0.667 bits per heavy atom. The molecule has 0 aliphatic heterocycles. The van der Waals surface area contributed by atoms with Gasteiger partial charge in [-0.15, -0.1) is 0 Å². The van der Waals surface area contributed by atoms with Crippen LogP contribution in [0.5, 0.6) is 0 Å². The summed E-state index contributed by atoms with van der Waals surface area (Å²) in [4.78, 5) is 19.9. The van der Waals surface area contributed by atoms with Gasteiger partial charge in [0.15, 0.2) is 49.5 Å². The van der Waals surface area contributed by atoms with E-state index in [9.17, 15) is 0 Å². The number of aromatic nitrogens is 6. The average molecular weight is 763 g/mol. The lowest BCUT2D eigenvalue weighted by atomic mass is 10.5. The smallest absolute Gasteiger partial charge is 0.212 e. The van der Waals surface area contributed by atoms with Crippen molar-refractivity contribution in [2.75, 3.05) is 0 Å². The van der Waals surface area contributed by atoms with E-state index >= 15 is 0 Å². The molecule has 0 aliphatic rings. The molecule has 2 aromatic heterocycles. The molecule has 0 radical (unpaired) electrons. The summed E-state index contributed by atoms with van der Waals surface area (Å²) in [5.41, 5.74) is 0. The van der Waals surface area contributed by atoms with Crippen LogP contribution in [0, 0.1) is 0 Å². The van der Waals surface area contributed by atoms with Gasteiger partial charge in [0.05, 0.1) is 0 Å². The van der Waals surface area contributed by atoms with Gasteiger partial charge < -0.3 is 0 Å². The maximum absolute atomic E-state index is 5.62. The van der Waals surface area contributed by atoms with E-state index in [1.807, 2.05) is 0 Å². The summed E-state index contributed by atoms with van der Waals surface area (Å²) in [6.07, 6.45) is 0. The summed E-state index contributed by atoms with van der Waals surface area (Å²) in [7, 11) is 0. The Labute approximate surface area is 262 Å². The SMILES string of the molecule is ClC(Cl)(Cl)c1nc(C(Cl)(Cl)Cl)nc(C(Cl)(Cl)Cl)n1.ClC(Cl)c1nc(C(Cl)Cl)nc(C(Cl)Cl)n1. The Kier molecular flexibility index (Phi) is 13.6. The molecule has 2 rings (SSSR count). The lowest BCUT2D eigenvalue weighted by Crippen LogP contribution is -2.21. The van der Waals surface area contributed by atoms with Crippen LogP contribution in [-0.2, 0) is 11.4 Å². The Balaban J connectivity index is 0.000000335. The van der Waals surface area contributed by atoms with Gasteiger partial charge in [0.2, 0.25) is 11.4 Å². The van der Waals surface area contributed by atoms with Crippen molar-refractivity contribution in [3.8, 4) is 0 Å². The third-order valence-corrected chi connectivity index (χ3v) is 5.36. The number of halogens is 15. The second kappa shape index (κ2) is 13.4. The molecule has 21 heteroatoms. The molecule has 0 fully saturated rings. The van der Waals surface area contributed by atoms with E-state index in [0.29, 0.717) is 0 Å². The van der Waals surface area contributed by atoms with E-state index in [1.165, 1.54) is 0 Å². The topological polar surface area (TPSA) is 77.3 Å². The molecule has 0 unspecified atom stereocenters. The number of alkyl halides is 15. The maximum Gasteiger partial charge on any atom is 0.250 e. The van der Waals surface area contributed by atoms with Crippen molar-refractivity contribution in [2.24, 2.45) is 0 Å². The Bertz CT molecular complexity index is 793. The molecule has 0 saturated heterocycles. The summed E-state index contributed by atoms with van der Waals surface area (Å²) in [5, 5.41) is 0. The number of hydrogen-bond donors (Lipinski definition) is 0. The zero-order valence-electron chi connectivity index (χ0n) is 14.6. The Morgan fingerprint density at radius 2 is 0.545 bits per heavy atom. The molecular formula is C12H3Cl15N6. The highest BCUT2D eigenvalue weighted by atomic mass is 35.6. The van der Waals surface area contributed by atoms with Gasteiger partial charge in [0, 0.05) is 0 Å². The van der Waals surface area contributed by atoms with Gasteiger partial charge in [-0.3, -0.25) is 0 Å². The first kappa shape index (κ1) is 33.4. The van der Waals surface area contributed by atoms with Gasteiger partial charge in [-0.05, 0) is 0 Å². The van der Waals surface area contributed by atoms with E-state index in [-0.39, 0.29) is 34.9 Å². The Hall–Kier alpha value is 2.37. The van der Waals surface area contributed by atoms with Gasteiger partial charge in [0.25, 0.3) is 0 Å². The van der Waals surface area contributed by atoms with Crippen LogP contribution >= 0.6 is 174 Å². The van der Waals surface area contributed by atoms with Crippen LogP contribution in [0.15, 0.2) is 0 Å². The minimum Gasteiger partial charge on any atom is -0.212 e. The normalized spacial score (nSPS) is 12.9. The predicted octanol–water partition coefficient (Wildman–Crippen LogP) is 9.65. The van der Waals surface area contributed by atoms with E-state index in [2.05, 4.69) is 29.9 Å². The minimum absolute atomic E-state index is 0.107. The summed E-state index contributed by atoms with van der Waals surface area (Å²) in [5.74, 6) is -0.664. The number of nitrogens with zero attached hydrogens (tertiary/aromatic N) is 6. The summed E-state index contributed by atoms with van der Waals surface area (Å²) in [6.45, 7) is 0. The predicted molar refractivity (Wildman–Crippen MR) is 141 cm³/mol. The summed E-state index contributed by atoms with van der Waals surface area (Å²) < 4.78 is -5.96. The van der Waals surface area contributed by atoms with Gasteiger partial charge in [-0.2, -0.15) is 0 Å². The molecule has 2 aromatic rings. The summed E-state index contributed by atoms with van der Waals surface area (Å²) >= 11 is 84.2. The fraction of sp³-hybridized carbons (Fsp3) is 0.500. The van der Waals surface area contributed by atoms with E-state index in [1.54, 1.807) is 0 Å². The lowest BCUT2D eigenvalue weighted by Gasteiger charge is -2.17. The van der Waals surface area contributed by atoms with Crippen LogP contribution in [0.3, 0.4) is 0 Å². The first-order valence-corrected chi connectivity index (χ1v) is 13.3. The van der Waals surface area contributed by atoms with Gasteiger partial charge in [-0.25, -0.2) is 29.9 Å². The van der Waals surface area contributed by atoms with Crippen molar-refractivity contribution in [2.45, 2.75) is 25.9 Å². The highest BCUT2D eigenvalue weighted by Crippen LogP contribution is 2.43. The van der Waals surface area contributed by atoms with Crippen LogP contribution < -0.4 is 0 Å². The van der Waals surface area contributed by atoms with E-state index in [0.717, 1.165) is 0 Å². The molecule has 0 amide bonds. The maximum atomic E-state index is 5.62. The zero-order chi connectivity index (χ0) is 25.9. The first-order chi connectivity index (χ1) is 14.7.